The fraction of sp³-hybridized carbons (Fsp3) is 0.429. The van der Waals surface area contributed by atoms with Gasteiger partial charge in [0.05, 0.1) is 17.6 Å². The molecule has 1 fully saturated rings. The van der Waals surface area contributed by atoms with Crippen molar-refractivity contribution >= 4 is 5.97 Å². The molecule has 1 aromatic rings. The van der Waals surface area contributed by atoms with Gasteiger partial charge in [0.2, 0.25) is 0 Å². The van der Waals surface area contributed by atoms with Gasteiger partial charge in [0.1, 0.15) is 5.75 Å². The van der Waals surface area contributed by atoms with Crippen LogP contribution in [0.5, 0.6) is 5.75 Å². The van der Waals surface area contributed by atoms with Crippen LogP contribution in [0.25, 0.3) is 0 Å². The van der Waals surface area contributed by atoms with Gasteiger partial charge >= 0.3 is 5.97 Å². The number of ether oxygens (including phenoxy) is 1. The Hall–Kier alpha value is -1.82. The molecular weight excluding hydrogens is 214 g/mol. The second-order valence-electron chi connectivity index (χ2n) is 4.39. The van der Waals surface area contributed by atoms with E-state index in [-0.39, 0.29) is 11.9 Å². The summed E-state index contributed by atoms with van der Waals surface area (Å²) >= 11 is 0. The summed E-state index contributed by atoms with van der Waals surface area (Å²) in [5.41, 5.74) is 0.572. The Labute approximate surface area is 101 Å². The Balaban J connectivity index is 1.95. The molecule has 0 bridgehead atoms. The van der Waals surface area contributed by atoms with Crippen LogP contribution in [-0.4, -0.2) is 5.97 Å². The van der Waals surface area contributed by atoms with Crippen LogP contribution < -0.4 is 4.74 Å². The molecule has 0 aliphatic heterocycles. The number of carbonyl (C=O) groups is 1. The number of hydrogen-bond acceptors (Lipinski definition) is 3. The second-order valence-corrected chi connectivity index (χ2v) is 4.39. The van der Waals surface area contributed by atoms with Crippen LogP contribution in [0.1, 0.15) is 37.7 Å². The summed E-state index contributed by atoms with van der Waals surface area (Å²) in [6.45, 7) is 0. The molecule has 2 rings (SSSR count). The average molecular weight is 229 g/mol. The smallest absolute Gasteiger partial charge is 0.314 e. The molecule has 3 nitrogen and oxygen atoms in total. The molecule has 0 radical (unpaired) electrons. The molecule has 0 amide bonds. The lowest BCUT2D eigenvalue weighted by Crippen LogP contribution is -2.22. The van der Waals surface area contributed by atoms with E-state index in [1.54, 1.807) is 24.3 Å². The van der Waals surface area contributed by atoms with Crippen LogP contribution in [0.2, 0.25) is 0 Å². The summed E-state index contributed by atoms with van der Waals surface area (Å²) in [6, 6.07) is 8.67. The molecule has 1 aliphatic carbocycles. The summed E-state index contributed by atoms with van der Waals surface area (Å²) in [4.78, 5) is 11.8. The zero-order valence-electron chi connectivity index (χ0n) is 9.69. The standard InChI is InChI=1S/C14H15NO2/c15-10-11-6-8-13(9-7-11)17-14(16)12-4-2-1-3-5-12/h6-9,12H,1-5H2. The van der Waals surface area contributed by atoms with Crippen molar-refractivity contribution in [2.45, 2.75) is 32.1 Å². The highest BCUT2D eigenvalue weighted by molar-refractivity contribution is 5.75. The molecule has 88 valence electrons. The molecule has 3 heteroatoms. The lowest BCUT2D eigenvalue weighted by Gasteiger charge is -2.19. The van der Waals surface area contributed by atoms with Crippen molar-refractivity contribution in [2.75, 3.05) is 0 Å². The normalized spacial score (nSPS) is 16.2. The molecule has 1 saturated carbocycles. The van der Waals surface area contributed by atoms with E-state index in [0.717, 1.165) is 25.7 Å². The highest BCUT2D eigenvalue weighted by atomic mass is 16.5. The van der Waals surface area contributed by atoms with Gasteiger partial charge in [-0.2, -0.15) is 5.26 Å². The molecule has 0 heterocycles. The van der Waals surface area contributed by atoms with E-state index in [1.807, 2.05) is 6.07 Å². The van der Waals surface area contributed by atoms with Gasteiger partial charge in [0.25, 0.3) is 0 Å². The van der Waals surface area contributed by atoms with E-state index in [4.69, 9.17) is 10.00 Å². The van der Waals surface area contributed by atoms with Crippen molar-refractivity contribution in [3.05, 3.63) is 29.8 Å². The van der Waals surface area contributed by atoms with E-state index < -0.39 is 0 Å². The van der Waals surface area contributed by atoms with Gasteiger partial charge in [-0.3, -0.25) is 4.79 Å². The van der Waals surface area contributed by atoms with E-state index in [1.165, 1.54) is 6.42 Å². The highest BCUT2D eigenvalue weighted by Crippen LogP contribution is 2.25. The summed E-state index contributed by atoms with van der Waals surface area (Å²) < 4.78 is 5.30. The number of rotatable bonds is 2. The van der Waals surface area contributed by atoms with E-state index in [2.05, 4.69) is 0 Å². The first-order chi connectivity index (χ1) is 8.29. The lowest BCUT2D eigenvalue weighted by molar-refractivity contribution is -0.139. The van der Waals surface area contributed by atoms with Gasteiger partial charge in [0.15, 0.2) is 0 Å². The van der Waals surface area contributed by atoms with Crippen LogP contribution >= 0.6 is 0 Å². The maximum atomic E-state index is 11.8. The third kappa shape index (κ3) is 3.07. The Morgan fingerprint density at radius 2 is 1.82 bits per heavy atom. The number of nitrogens with zero attached hydrogens (tertiary/aromatic N) is 1. The SMILES string of the molecule is N#Cc1ccc(OC(=O)C2CCCCC2)cc1. The van der Waals surface area contributed by atoms with E-state index in [9.17, 15) is 4.79 Å². The van der Waals surface area contributed by atoms with Gasteiger partial charge in [-0.1, -0.05) is 19.3 Å². The largest absolute Gasteiger partial charge is 0.426 e. The Morgan fingerprint density at radius 1 is 1.18 bits per heavy atom. The predicted octanol–water partition coefficient (Wildman–Crippen LogP) is 3.04. The Bertz CT molecular complexity index is 425. The van der Waals surface area contributed by atoms with Crippen molar-refractivity contribution in [3.63, 3.8) is 0 Å². The highest BCUT2D eigenvalue weighted by Gasteiger charge is 2.22. The predicted molar refractivity (Wildman–Crippen MR) is 63.4 cm³/mol. The average Bonchev–Trinajstić information content (AvgIpc) is 2.40. The minimum Gasteiger partial charge on any atom is -0.426 e. The molecule has 0 unspecified atom stereocenters. The first kappa shape index (κ1) is 11.7. The molecule has 1 aromatic carbocycles. The van der Waals surface area contributed by atoms with Crippen molar-refractivity contribution in [2.24, 2.45) is 5.92 Å². The number of benzene rings is 1. The third-order valence-corrected chi connectivity index (χ3v) is 3.14. The van der Waals surface area contributed by atoms with Crippen LogP contribution in [-0.2, 0) is 4.79 Å². The van der Waals surface area contributed by atoms with Crippen LogP contribution in [0, 0.1) is 17.2 Å². The molecule has 0 N–H and O–H groups in total. The molecule has 0 atom stereocenters. The Morgan fingerprint density at radius 3 is 2.41 bits per heavy atom. The van der Waals surface area contributed by atoms with Gasteiger partial charge in [0, 0.05) is 0 Å². The molecule has 0 spiro atoms. The van der Waals surface area contributed by atoms with Gasteiger partial charge in [-0.15, -0.1) is 0 Å². The Kier molecular flexibility index (Phi) is 3.77. The van der Waals surface area contributed by atoms with Crippen LogP contribution in [0.15, 0.2) is 24.3 Å². The monoisotopic (exact) mass is 229 g/mol. The van der Waals surface area contributed by atoms with Crippen LogP contribution in [0.3, 0.4) is 0 Å². The summed E-state index contributed by atoms with van der Waals surface area (Å²) in [5, 5.41) is 8.66. The zero-order valence-corrected chi connectivity index (χ0v) is 9.69. The van der Waals surface area contributed by atoms with Gasteiger partial charge in [-0.05, 0) is 37.1 Å². The minimum atomic E-state index is -0.130. The summed E-state index contributed by atoms with van der Waals surface area (Å²) in [7, 11) is 0. The minimum absolute atomic E-state index is 0.0550. The number of nitriles is 1. The quantitative estimate of drug-likeness (QED) is 0.578. The third-order valence-electron chi connectivity index (χ3n) is 3.14. The summed E-state index contributed by atoms with van der Waals surface area (Å²) in [6.07, 6.45) is 5.34. The van der Waals surface area contributed by atoms with Gasteiger partial charge < -0.3 is 4.74 Å². The fourth-order valence-electron chi connectivity index (χ4n) is 2.14. The van der Waals surface area contributed by atoms with E-state index >= 15 is 0 Å². The number of esters is 1. The summed E-state index contributed by atoms with van der Waals surface area (Å²) in [5.74, 6) is 0.452. The molecular formula is C14H15NO2. The van der Waals surface area contributed by atoms with Crippen molar-refractivity contribution < 1.29 is 9.53 Å². The van der Waals surface area contributed by atoms with E-state index in [0.29, 0.717) is 11.3 Å². The molecule has 0 saturated heterocycles. The number of hydrogen-bond donors (Lipinski definition) is 0. The van der Waals surface area contributed by atoms with Crippen molar-refractivity contribution in [1.82, 2.24) is 0 Å². The van der Waals surface area contributed by atoms with Crippen molar-refractivity contribution in [3.8, 4) is 11.8 Å². The maximum Gasteiger partial charge on any atom is 0.314 e. The maximum absolute atomic E-state index is 11.8. The molecule has 17 heavy (non-hydrogen) atoms. The second kappa shape index (κ2) is 5.49. The van der Waals surface area contributed by atoms with Gasteiger partial charge in [-0.25, -0.2) is 0 Å². The zero-order chi connectivity index (χ0) is 12.1. The fourth-order valence-corrected chi connectivity index (χ4v) is 2.14. The molecule has 0 aromatic heterocycles. The lowest BCUT2D eigenvalue weighted by atomic mass is 9.89. The molecule has 1 aliphatic rings. The van der Waals surface area contributed by atoms with Crippen LogP contribution in [0.4, 0.5) is 0 Å². The number of carbonyl (C=O) groups excluding carboxylic acids is 1. The van der Waals surface area contributed by atoms with Crippen molar-refractivity contribution in [1.29, 1.82) is 5.26 Å². The first-order valence-corrected chi connectivity index (χ1v) is 6.01. The topological polar surface area (TPSA) is 50.1 Å². The first-order valence-electron chi connectivity index (χ1n) is 6.01.